The van der Waals surface area contributed by atoms with E-state index >= 15 is 0 Å². The lowest BCUT2D eigenvalue weighted by Crippen LogP contribution is -2.12. The van der Waals surface area contributed by atoms with Crippen LogP contribution in [-0.4, -0.2) is 10.9 Å². The first-order chi connectivity index (χ1) is 5.27. The molecule has 0 fully saturated rings. The van der Waals surface area contributed by atoms with Crippen molar-refractivity contribution < 1.29 is 4.79 Å². The number of carbonyl (C=O) groups excluding carboxylic acids is 1. The van der Waals surface area contributed by atoms with Gasteiger partial charge in [0.1, 0.15) is 5.82 Å². The van der Waals surface area contributed by atoms with Crippen molar-refractivity contribution in [1.82, 2.24) is 10.3 Å². The van der Waals surface area contributed by atoms with Crippen LogP contribution in [0.25, 0.3) is 0 Å². The Hall–Kier alpha value is -1.58. The molecule has 0 saturated carbocycles. The van der Waals surface area contributed by atoms with Gasteiger partial charge in [0.2, 0.25) is 0 Å². The van der Waals surface area contributed by atoms with Gasteiger partial charge < -0.3 is 11.1 Å². The lowest BCUT2D eigenvalue weighted by atomic mass is 10.2. The largest absolute Gasteiger partial charge is 0.384 e. The number of nitrogen functional groups attached to an aromatic ring is 1. The third-order valence-corrected chi connectivity index (χ3v) is 1.69. The number of nitrogens with two attached hydrogens (primary N) is 1. The number of hydrogen-bond donors (Lipinski definition) is 2. The number of rotatable bonds is 0. The molecule has 56 valence electrons. The average molecular weight is 149 g/mol. The first kappa shape index (κ1) is 6.15. The van der Waals surface area contributed by atoms with E-state index in [2.05, 4.69) is 10.3 Å². The van der Waals surface area contributed by atoms with Crippen LogP contribution in [0.1, 0.15) is 15.9 Å². The van der Waals surface area contributed by atoms with Gasteiger partial charge in [-0.1, -0.05) is 0 Å². The van der Waals surface area contributed by atoms with Crippen LogP contribution in [0.2, 0.25) is 0 Å². The van der Waals surface area contributed by atoms with Crippen LogP contribution >= 0.6 is 0 Å². The van der Waals surface area contributed by atoms with Crippen molar-refractivity contribution >= 4 is 11.7 Å². The average Bonchev–Trinajstić information content (AvgIpc) is 2.33. The molecule has 1 aliphatic heterocycles. The molecule has 2 heterocycles. The van der Waals surface area contributed by atoms with E-state index in [-0.39, 0.29) is 5.91 Å². The maximum atomic E-state index is 11.0. The summed E-state index contributed by atoms with van der Waals surface area (Å²) < 4.78 is 0. The van der Waals surface area contributed by atoms with E-state index in [1.165, 1.54) is 0 Å². The van der Waals surface area contributed by atoms with Crippen molar-refractivity contribution in [2.24, 2.45) is 0 Å². The molecule has 0 aromatic carbocycles. The molecule has 3 N–H and O–H groups in total. The van der Waals surface area contributed by atoms with Crippen LogP contribution in [-0.2, 0) is 6.54 Å². The number of amides is 1. The Morgan fingerprint density at radius 1 is 1.64 bits per heavy atom. The lowest BCUT2D eigenvalue weighted by Gasteiger charge is -1.94. The van der Waals surface area contributed by atoms with Crippen molar-refractivity contribution in [3.05, 3.63) is 23.4 Å². The highest BCUT2D eigenvalue weighted by Gasteiger charge is 2.18. The molecule has 0 aliphatic carbocycles. The molecule has 0 radical (unpaired) electrons. The number of nitrogens with zero attached hydrogens (tertiary/aromatic N) is 1. The molecule has 1 aliphatic rings. The Morgan fingerprint density at radius 2 is 2.45 bits per heavy atom. The third-order valence-electron chi connectivity index (χ3n) is 1.69. The van der Waals surface area contributed by atoms with Gasteiger partial charge in [-0.05, 0) is 6.07 Å². The van der Waals surface area contributed by atoms with Crippen molar-refractivity contribution in [3.63, 3.8) is 0 Å². The summed E-state index contributed by atoms with van der Waals surface area (Å²) in [6.07, 6.45) is 1.63. The predicted molar refractivity (Wildman–Crippen MR) is 39.8 cm³/mol. The smallest absolute Gasteiger partial charge is 0.252 e. The minimum absolute atomic E-state index is 0.0610. The zero-order valence-electron chi connectivity index (χ0n) is 5.79. The maximum absolute atomic E-state index is 11.0. The second-order valence-corrected chi connectivity index (χ2v) is 2.45. The number of carbonyl (C=O) groups is 1. The summed E-state index contributed by atoms with van der Waals surface area (Å²) in [5, 5.41) is 2.68. The van der Waals surface area contributed by atoms with E-state index in [0.717, 1.165) is 5.56 Å². The van der Waals surface area contributed by atoms with E-state index in [0.29, 0.717) is 17.9 Å². The fourth-order valence-electron chi connectivity index (χ4n) is 1.12. The fourth-order valence-corrected chi connectivity index (χ4v) is 1.12. The lowest BCUT2D eigenvalue weighted by molar-refractivity contribution is 0.0966. The summed E-state index contributed by atoms with van der Waals surface area (Å²) in [6.45, 7) is 0.571. The Bertz CT molecular complexity index is 321. The zero-order chi connectivity index (χ0) is 7.84. The first-order valence-electron chi connectivity index (χ1n) is 3.30. The molecule has 4 heteroatoms. The number of hydrogen-bond acceptors (Lipinski definition) is 3. The minimum atomic E-state index is -0.0610. The van der Waals surface area contributed by atoms with Crippen molar-refractivity contribution in [3.8, 4) is 0 Å². The number of nitrogens with one attached hydrogen (secondary N) is 1. The van der Waals surface area contributed by atoms with Gasteiger partial charge in [-0.25, -0.2) is 4.98 Å². The van der Waals surface area contributed by atoms with Crippen molar-refractivity contribution in [2.75, 3.05) is 5.73 Å². The number of aromatic nitrogens is 1. The highest BCUT2D eigenvalue weighted by Crippen LogP contribution is 2.15. The Kier molecular flexibility index (Phi) is 1.09. The van der Waals surface area contributed by atoms with Gasteiger partial charge in [0, 0.05) is 23.9 Å². The topological polar surface area (TPSA) is 68.0 Å². The van der Waals surface area contributed by atoms with E-state index in [1.807, 2.05) is 0 Å². The second kappa shape index (κ2) is 1.95. The molecule has 2 rings (SSSR count). The fraction of sp³-hybridized carbons (Fsp3) is 0.143. The molecular weight excluding hydrogens is 142 g/mol. The van der Waals surface area contributed by atoms with Gasteiger partial charge in [-0.15, -0.1) is 0 Å². The highest BCUT2D eigenvalue weighted by molar-refractivity contribution is 5.98. The molecule has 0 bridgehead atoms. The Balaban J connectivity index is 2.60. The Morgan fingerprint density at radius 3 is 3.27 bits per heavy atom. The molecule has 1 aromatic rings. The summed E-state index contributed by atoms with van der Waals surface area (Å²) in [6, 6.07) is 1.59. The Labute approximate surface area is 63.4 Å². The summed E-state index contributed by atoms with van der Waals surface area (Å²) in [5.41, 5.74) is 6.97. The van der Waals surface area contributed by atoms with Crippen LogP contribution in [0.3, 0.4) is 0 Å². The quantitative estimate of drug-likeness (QED) is 0.541. The monoisotopic (exact) mass is 149 g/mol. The van der Waals surface area contributed by atoms with E-state index < -0.39 is 0 Å². The number of fused-ring (bicyclic) bond motifs is 1. The van der Waals surface area contributed by atoms with E-state index in [4.69, 9.17) is 5.73 Å². The van der Waals surface area contributed by atoms with Gasteiger partial charge in [0.15, 0.2) is 0 Å². The number of anilines is 1. The highest BCUT2D eigenvalue weighted by atomic mass is 16.1. The van der Waals surface area contributed by atoms with E-state index in [9.17, 15) is 4.79 Å². The second-order valence-electron chi connectivity index (χ2n) is 2.45. The molecule has 0 saturated heterocycles. The van der Waals surface area contributed by atoms with Gasteiger partial charge in [0.05, 0.1) is 0 Å². The van der Waals surface area contributed by atoms with Gasteiger partial charge in [-0.3, -0.25) is 4.79 Å². The summed E-state index contributed by atoms with van der Waals surface area (Å²) >= 11 is 0. The van der Waals surface area contributed by atoms with Gasteiger partial charge >= 0.3 is 0 Å². The zero-order valence-corrected chi connectivity index (χ0v) is 5.79. The maximum Gasteiger partial charge on any atom is 0.252 e. The molecular formula is C7H7N3O. The molecule has 0 unspecified atom stereocenters. The van der Waals surface area contributed by atoms with Crippen LogP contribution in [0.5, 0.6) is 0 Å². The SMILES string of the molecule is Nc1cc2c(cn1)CNC2=O. The predicted octanol–water partition coefficient (Wildman–Crippen LogP) is -0.0928. The van der Waals surface area contributed by atoms with Crippen LogP contribution in [0, 0.1) is 0 Å². The first-order valence-corrected chi connectivity index (χ1v) is 3.30. The summed E-state index contributed by atoms with van der Waals surface area (Å²) in [5.74, 6) is 0.329. The van der Waals surface area contributed by atoms with Crippen molar-refractivity contribution in [2.45, 2.75) is 6.54 Å². The van der Waals surface area contributed by atoms with Gasteiger partial charge in [0.25, 0.3) is 5.91 Å². The minimum Gasteiger partial charge on any atom is -0.384 e. The summed E-state index contributed by atoms with van der Waals surface area (Å²) in [4.78, 5) is 14.9. The number of pyridine rings is 1. The molecule has 1 amide bonds. The molecule has 0 atom stereocenters. The third kappa shape index (κ3) is 0.832. The van der Waals surface area contributed by atoms with Crippen LogP contribution < -0.4 is 11.1 Å². The van der Waals surface area contributed by atoms with Crippen LogP contribution in [0.4, 0.5) is 5.82 Å². The van der Waals surface area contributed by atoms with Crippen molar-refractivity contribution in [1.29, 1.82) is 0 Å². The normalized spacial score (nSPS) is 14.4. The molecule has 4 nitrogen and oxygen atoms in total. The molecule has 0 spiro atoms. The molecule has 1 aromatic heterocycles. The molecule has 11 heavy (non-hydrogen) atoms. The van der Waals surface area contributed by atoms with Crippen LogP contribution in [0.15, 0.2) is 12.3 Å². The standard InChI is InChI=1S/C7H7N3O/c8-6-1-5-4(2-9-6)3-10-7(5)11/h1-2H,3H2,(H2,8,9)(H,10,11). The summed E-state index contributed by atoms with van der Waals surface area (Å²) in [7, 11) is 0. The van der Waals surface area contributed by atoms with E-state index in [1.54, 1.807) is 12.3 Å². The van der Waals surface area contributed by atoms with Gasteiger partial charge in [-0.2, -0.15) is 0 Å².